The Balaban J connectivity index is 1.35. The van der Waals surface area contributed by atoms with Crippen LogP contribution in [0.4, 0.5) is 5.69 Å². The summed E-state index contributed by atoms with van der Waals surface area (Å²) in [5.74, 6) is 0.616. The summed E-state index contributed by atoms with van der Waals surface area (Å²) in [5.41, 5.74) is 5.60. The number of rotatable bonds is 5. The first-order valence-electron chi connectivity index (χ1n) is 8.62. The zero-order valence-corrected chi connectivity index (χ0v) is 15.3. The quantitative estimate of drug-likeness (QED) is 0.684. The normalized spacial score (nSPS) is 12.8. The second-order valence-electron chi connectivity index (χ2n) is 6.42. The molecule has 0 saturated heterocycles. The first kappa shape index (κ1) is 16.8. The summed E-state index contributed by atoms with van der Waals surface area (Å²) < 4.78 is 5.65. The van der Waals surface area contributed by atoms with Crippen molar-refractivity contribution in [2.24, 2.45) is 0 Å². The minimum Gasteiger partial charge on any atom is -0.411 e. The summed E-state index contributed by atoms with van der Waals surface area (Å²) in [6.07, 6.45) is 3.43. The number of carbonyl (C=O) groups excluding carboxylic acids is 1. The van der Waals surface area contributed by atoms with Gasteiger partial charge in [-0.25, -0.2) is 0 Å². The molecular weight excluding hydrogens is 346 g/mol. The van der Waals surface area contributed by atoms with Crippen LogP contribution in [0.5, 0.6) is 0 Å². The van der Waals surface area contributed by atoms with Crippen LogP contribution in [0.25, 0.3) is 11.5 Å². The van der Waals surface area contributed by atoms with Crippen LogP contribution >= 0.6 is 11.8 Å². The molecule has 26 heavy (non-hydrogen) atoms. The fourth-order valence-corrected chi connectivity index (χ4v) is 3.70. The highest BCUT2D eigenvalue weighted by Crippen LogP contribution is 2.26. The molecule has 1 amide bonds. The average molecular weight is 365 g/mol. The Hall–Kier alpha value is -2.60. The van der Waals surface area contributed by atoms with Crippen molar-refractivity contribution < 1.29 is 9.21 Å². The molecule has 0 unspecified atom stereocenters. The molecule has 1 heterocycles. The lowest BCUT2D eigenvalue weighted by atomic mass is 10.1. The van der Waals surface area contributed by atoms with E-state index in [0.29, 0.717) is 11.1 Å². The van der Waals surface area contributed by atoms with Gasteiger partial charge in [0.25, 0.3) is 5.22 Å². The van der Waals surface area contributed by atoms with Gasteiger partial charge in [0.2, 0.25) is 11.8 Å². The molecule has 4 rings (SSSR count). The Bertz CT molecular complexity index is 952. The van der Waals surface area contributed by atoms with Crippen molar-refractivity contribution in [2.75, 3.05) is 11.1 Å². The minimum absolute atomic E-state index is 0.0803. The van der Waals surface area contributed by atoms with E-state index in [1.807, 2.05) is 37.3 Å². The summed E-state index contributed by atoms with van der Waals surface area (Å²) in [5, 5.41) is 11.4. The molecule has 5 nitrogen and oxygen atoms in total. The Morgan fingerprint density at radius 1 is 1.15 bits per heavy atom. The maximum Gasteiger partial charge on any atom is 0.277 e. The van der Waals surface area contributed by atoms with Crippen molar-refractivity contribution in [1.29, 1.82) is 0 Å². The zero-order valence-electron chi connectivity index (χ0n) is 14.5. The number of hydrogen-bond acceptors (Lipinski definition) is 5. The van der Waals surface area contributed by atoms with Crippen molar-refractivity contribution in [3.05, 3.63) is 59.2 Å². The summed E-state index contributed by atoms with van der Waals surface area (Å²) in [4.78, 5) is 12.2. The Morgan fingerprint density at radius 2 is 2.04 bits per heavy atom. The maximum atomic E-state index is 12.2. The lowest BCUT2D eigenvalue weighted by Crippen LogP contribution is -2.14. The molecule has 3 aromatic rings. The van der Waals surface area contributed by atoms with E-state index in [-0.39, 0.29) is 11.7 Å². The number of nitrogens with zero attached hydrogens (tertiary/aromatic N) is 2. The van der Waals surface area contributed by atoms with Crippen LogP contribution in [0.2, 0.25) is 0 Å². The number of nitrogens with one attached hydrogen (secondary N) is 1. The topological polar surface area (TPSA) is 68.0 Å². The van der Waals surface area contributed by atoms with Gasteiger partial charge in [-0.1, -0.05) is 35.5 Å². The van der Waals surface area contributed by atoms with Crippen LogP contribution in [-0.2, 0) is 17.6 Å². The van der Waals surface area contributed by atoms with Crippen LogP contribution in [0.1, 0.15) is 23.1 Å². The van der Waals surface area contributed by atoms with E-state index in [1.54, 1.807) is 0 Å². The van der Waals surface area contributed by atoms with Crippen molar-refractivity contribution in [3.63, 3.8) is 0 Å². The number of benzene rings is 2. The zero-order chi connectivity index (χ0) is 17.9. The van der Waals surface area contributed by atoms with Crippen molar-refractivity contribution >= 4 is 23.4 Å². The number of carbonyl (C=O) groups is 1. The second-order valence-corrected chi connectivity index (χ2v) is 7.34. The molecule has 0 radical (unpaired) electrons. The van der Waals surface area contributed by atoms with Crippen molar-refractivity contribution in [3.8, 4) is 11.5 Å². The first-order valence-corrected chi connectivity index (χ1v) is 9.61. The number of amides is 1. The largest absolute Gasteiger partial charge is 0.411 e. The Labute approximate surface area is 156 Å². The molecule has 0 aliphatic heterocycles. The third kappa shape index (κ3) is 3.80. The van der Waals surface area contributed by atoms with Gasteiger partial charge in [0, 0.05) is 11.3 Å². The molecule has 6 heteroatoms. The highest BCUT2D eigenvalue weighted by atomic mass is 32.2. The van der Waals surface area contributed by atoms with Crippen molar-refractivity contribution in [1.82, 2.24) is 10.2 Å². The lowest BCUT2D eigenvalue weighted by molar-refractivity contribution is -0.113. The molecule has 0 spiro atoms. The first-order chi connectivity index (χ1) is 12.7. The smallest absolute Gasteiger partial charge is 0.277 e. The molecule has 1 N–H and O–H groups in total. The summed E-state index contributed by atoms with van der Waals surface area (Å²) in [6, 6.07) is 14.0. The number of thioether (sulfide) groups is 1. The van der Waals surface area contributed by atoms with Crippen LogP contribution < -0.4 is 5.32 Å². The van der Waals surface area contributed by atoms with E-state index >= 15 is 0 Å². The maximum absolute atomic E-state index is 12.2. The molecule has 132 valence electrons. The number of aromatic nitrogens is 2. The van der Waals surface area contributed by atoms with E-state index in [9.17, 15) is 4.79 Å². The van der Waals surface area contributed by atoms with Crippen LogP contribution in [0.15, 0.2) is 52.1 Å². The fraction of sp³-hybridized carbons (Fsp3) is 0.250. The lowest BCUT2D eigenvalue weighted by Gasteiger charge is -2.06. The van der Waals surface area contributed by atoms with E-state index in [0.717, 1.165) is 29.7 Å². The van der Waals surface area contributed by atoms with Gasteiger partial charge in [-0.2, -0.15) is 0 Å². The monoisotopic (exact) mass is 365 g/mol. The predicted octanol–water partition coefficient (Wildman–Crippen LogP) is 4.26. The van der Waals surface area contributed by atoms with Gasteiger partial charge in [-0.3, -0.25) is 4.79 Å². The highest BCUT2D eigenvalue weighted by molar-refractivity contribution is 7.99. The standard InChI is InChI=1S/C20H19N3O2S/c1-13-4-2-7-16(10-13)19-22-23-20(25-19)26-12-18(24)21-17-9-8-14-5-3-6-15(14)11-17/h2,4,7-11H,3,5-6,12H2,1H3,(H,21,24). The van der Waals surface area contributed by atoms with Gasteiger partial charge >= 0.3 is 0 Å². The highest BCUT2D eigenvalue weighted by Gasteiger charge is 2.14. The number of fused-ring (bicyclic) bond motifs is 1. The molecular formula is C20H19N3O2S. The number of aryl methyl sites for hydroxylation is 3. The SMILES string of the molecule is Cc1cccc(-c2nnc(SCC(=O)Nc3ccc4c(c3)CCC4)o2)c1. The van der Waals surface area contributed by atoms with Gasteiger partial charge in [0.1, 0.15) is 0 Å². The Morgan fingerprint density at radius 3 is 2.92 bits per heavy atom. The van der Waals surface area contributed by atoms with Crippen molar-refractivity contribution in [2.45, 2.75) is 31.4 Å². The second kappa shape index (κ2) is 7.33. The third-order valence-corrected chi connectivity index (χ3v) is 5.20. The molecule has 2 aromatic carbocycles. The molecule has 0 atom stereocenters. The Kier molecular flexibility index (Phi) is 4.75. The third-order valence-electron chi connectivity index (χ3n) is 4.38. The van der Waals surface area contributed by atoms with Gasteiger partial charge in [0.15, 0.2) is 0 Å². The van der Waals surface area contributed by atoms with Crippen LogP contribution in [-0.4, -0.2) is 21.9 Å². The molecule has 1 aromatic heterocycles. The molecule has 0 bridgehead atoms. The number of hydrogen-bond donors (Lipinski definition) is 1. The predicted molar refractivity (Wildman–Crippen MR) is 102 cm³/mol. The minimum atomic E-state index is -0.0803. The van der Waals surface area contributed by atoms with Crippen LogP contribution in [0, 0.1) is 6.92 Å². The molecule has 0 saturated carbocycles. The van der Waals surface area contributed by atoms with E-state index in [1.165, 1.54) is 29.3 Å². The summed E-state index contributed by atoms with van der Waals surface area (Å²) >= 11 is 1.24. The van der Waals surface area contributed by atoms with Gasteiger partial charge in [0.05, 0.1) is 5.75 Å². The summed E-state index contributed by atoms with van der Waals surface area (Å²) in [7, 11) is 0. The molecule has 1 aliphatic rings. The fourth-order valence-electron chi connectivity index (χ4n) is 3.14. The molecule has 1 aliphatic carbocycles. The van der Waals surface area contributed by atoms with Crippen LogP contribution in [0.3, 0.4) is 0 Å². The van der Waals surface area contributed by atoms with E-state index in [4.69, 9.17) is 4.42 Å². The van der Waals surface area contributed by atoms with Gasteiger partial charge in [-0.15, -0.1) is 10.2 Å². The summed E-state index contributed by atoms with van der Waals surface area (Å²) in [6.45, 7) is 2.01. The number of anilines is 1. The van der Waals surface area contributed by atoms with E-state index < -0.39 is 0 Å². The van der Waals surface area contributed by atoms with E-state index in [2.05, 4.69) is 27.6 Å². The average Bonchev–Trinajstić information content (AvgIpc) is 3.29. The molecule has 0 fully saturated rings. The van der Waals surface area contributed by atoms with Gasteiger partial charge < -0.3 is 9.73 Å². The van der Waals surface area contributed by atoms with Gasteiger partial charge in [-0.05, 0) is 61.6 Å².